The quantitative estimate of drug-likeness (QED) is 0.910. The van der Waals surface area contributed by atoms with Crippen LogP contribution in [-0.4, -0.2) is 26.0 Å². The van der Waals surface area contributed by atoms with Crippen molar-refractivity contribution >= 4 is 33.2 Å². The van der Waals surface area contributed by atoms with E-state index in [1.807, 2.05) is 31.2 Å². The molecule has 0 bridgehead atoms. The van der Waals surface area contributed by atoms with Gasteiger partial charge in [0.05, 0.1) is 11.4 Å². The molecule has 2 aromatic rings. The van der Waals surface area contributed by atoms with Gasteiger partial charge in [0, 0.05) is 17.7 Å². The first kappa shape index (κ1) is 17.2. The van der Waals surface area contributed by atoms with E-state index in [4.69, 9.17) is 0 Å². The Labute approximate surface area is 146 Å². The van der Waals surface area contributed by atoms with Crippen molar-refractivity contribution in [2.24, 2.45) is 0 Å². The van der Waals surface area contributed by atoms with Crippen molar-refractivity contribution in [1.29, 1.82) is 0 Å². The highest BCUT2D eigenvalue weighted by molar-refractivity contribution is 7.94. The summed E-state index contributed by atoms with van der Waals surface area (Å²) in [6.07, 6.45) is 0.872. The molecule has 2 aromatic carbocycles. The Kier molecular flexibility index (Phi) is 4.59. The second-order valence-electron chi connectivity index (χ2n) is 5.78. The van der Waals surface area contributed by atoms with E-state index >= 15 is 0 Å². The SMILES string of the molecule is CCc1ccc(NC(=O)c2cccc(N3C(=O)CCS3(=O)=O)c2)cc1. The summed E-state index contributed by atoms with van der Waals surface area (Å²) in [5, 5.41) is 2.77. The number of anilines is 2. The topological polar surface area (TPSA) is 83.6 Å². The Balaban J connectivity index is 1.83. The standard InChI is InChI=1S/C18H18N2O4S/c1-2-13-6-8-15(9-7-13)19-18(22)14-4-3-5-16(12-14)20-17(21)10-11-25(20,23)24/h3-9,12H,2,10-11H2,1H3,(H,19,22). The Morgan fingerprint density at radius 1 is 1.16 bits per heavy atom. The zero-order chi connectivity index (χ0) is 18.0. The molecule has 0 atom stereocenters. The number of carbonyl (C=O) groups is 2. The van der Waals surface area contributed by atoms with Crippen molar-refractivity contribution in [2.75, 3.05) is 15.4 Å². The molecule has 2 amide bonds. The normalized spacial score (nSPS) is 16.0. The average molecular weight is 358 g/mol. The van der Waals surface area contributed by atoms with E-state index < -0.39 is 15.9 Å². The van der Waals surface area contributed by atoms with E-state index in [1.54, 1.807) is 12.1 Å². The molecule has 0 spiro atoms. The molecule has 25 heavy (non-hydrogen) atoms. The van der Waals surface area contributed by atoms with Gasteiger partial charge in [0.2, 0.25) is 15.9 Å². The third-order valence-electron chi connectivity index (χ3n) is 4.04. The van der Waals surface area contributed by atoms with Crippen LogP contribution in [0.3, 0.4) is 0 Å². The molecule has 1 saturated heterocycles. The summed E-state index contributed by atoms with van der Waals surface area (Å²) in [4.78, 5) is 24.3. The van der Waals surface area contributed by atoms with Gasteiger partial charge in [-0.05, 0) is 42.3 Å². The van der Waals surface area contributed by atoms with Crippen molar-refractivity contribution in [3.63, 3.8) is 0 Å². The lowest BCUT2D eigenvalue weighted by atomic mass is 10.1. The monoisotopic (exact) mass is 358 g/mol. The number of sulfonamides is 1. The van der Waals surface area contributed by atoms with Crippen molar-refractivity contribution in [2.45, 2.75) is 19.8 Å². The van der Waals surface area contributed by atoms with E-state index in [-0.39, 0.29) is 29.3 Å². The van der Waals surface area contributed by atoms with E-state index in [2.05, 4.69) is 5.32 Å². The van der Waals surface area contributed by atoms with Crippen LogP contribution in [0.5, 0.6) is 0 Å². The first-order chi connectivity index (χ1) is 11.9. The molecule has 130 valence electrons. The predicted octanol–water partition coefficient (Wildman–Crippen LogP) is 2.57. The van der Waals surface area contributed by atoms with Crippen LogP contribution < -0.4 is 9.62 Å². The summed E-state index contributed by atoms with van der Waals surface area (Å²) in [6.45, 7) is 2.05. The lowest BCUT2D eigenvalue weighted by Gasteiger charge is -2.15. The van der Waals surface area contributed by atoms with Crippen LogP contribution in [0.1, 0.15) is 29.3 Å². The van der Waals surface area contributed by atoms with Gasteiger partial charge in [-0.15, -0.1) is 0 Å². The third-order valence-corrected chi connectivity index (χ3v) is 5.73. The molecule has 0 unspecified atom stereocenters. The minimum Gasteiger partial charge on any atom is -0.322 e. The number of carbonyl (C=O) groups excluding carboxylic acids is 2. The summed E-state index contributed by atoms with van der Waals surface area (Å²) >= 11 is 0. The molecule has 3 rings (SSSR count). The van der Waals surface area contributed by atoms with Crippen molar-refractivity contribution in [3.8, 4) is 0 Å². The largest absolute Gasteiger partial charge is 0.322 e. The van der Waals surface area contributed by atoms with Crippen LogP contribution in [0.25, 0.3) is 0 Å². The lowest BCUT2D eigenvalue weighted by molar-refractivity contribution is -0.116. The first-order valence-electron chi connectivity index (χ1n) is 7.97. The van der Waals surface area contributed by atoms with Crippen molar-refractivity contribution in [3.05, 3.63) is 59.7 Å². The molecule has 1 aliphatic rings. The molecule has 1 N–H and O–H groups in total. The highest BCUT2D eigenvalue weighted by atomic mass is 32.2. The first-order valence-corrected chi connectivity index (χ1v) is 9.58. The second-order valence-corrected chi connectivity index (χ2v) is 7.72. The smallest absolute Gasteiger partial charge is 0.255 e. The Bertz CT molecular complexity index is 920. The van der Waals surface area contributed by atoms with E-state index in [0.717, 1.165) is 16.3 Å². The van der Waals surface area contributed by atoms with Gasteiger partial charge in [-0.1, -0.05) is 25.1 Å². The zero-order valence-corrected chi connectivity index (χ0v) is 14.5. The number of nitrogens with zero attached hydrogens (tertiary/aromatic N) is 1. The lowest BCUT2D eigenvalue weighted by Crippen LogP contribution is -2.29. The van der Waals surface area contributed by atoms with Crippen LogP contribution in [0, 0.1) is 0 Å². The van der Waals surface area contributed by atoms with Gasteiger partial charge in [-0.2, -0.15) is 0 Å². The highest BCUT2D eigenvalue weighted by Crippen LogP contribution is 2.26. The molecule has 1 fully saturated rings. The maximum absolute atomic E-state index is 12.4. The number of benzene rings is 2. The molecule has 7 heteroatoms. The number of hydrogen-bond acceptors (Lipinski definition) is 4. The number of rotatable bonds is 4. The van der Waals surface area contributed by atoms with E-state index in [9.17, 15) is 18.0 Å². The van der Waals surface area contributed by atoms with Gasteiger partial charge in [-0.3, -0.25) is 9.59 Å². The van der Waals surface area contributed by atoms with Crippen LogP contribution >= 0.6 is 0 Å². The van der Waals surface area contributed by atoms with Gasteiger partial charge < -0.3 is 5.32 Å². The predicted molar refractivity (Wildman–Crippen MR) is 96.1 cm³/mol. The number of aryl methyl sites for hydroxylation is 1. The minimum atomic E-state index is -3.65. The number of amides is 2. The molecule has 1 heterocycles. The second kappa shape index (κ2) is 6.68. The molecule has 0 radical (unpaired) electrons. The summed E-state index contributed by atoms with van der Waals surface area (Å²) in [5.74, 6) is -1.05. The van der Waals surface area contributed by atoms with Gasteiger partial charge >= 0.3 is 0 Å². The molecule has 1 aliphatic heterocycles. The van der Waals surface area contributed by atoms with Crippen molar-refractivity contribution < 1.29 is 18.0 Å². The Hall–Kier alpha value is -2.67. The Morgan fingerprint density at radius 3 is 2.48 bits per heavy atom. The van der Waals surface area contributed by atoms with Crippen molar-refractivity contribution in [1.82, 2.24) is 0 Å². The summed E-state index contributed by atoms with van der Waals surface area (Å²) in [6, 6.07) is 13.6. The fraction of sp³-hybridized carbons (Fsp3) is 0.222. The van der Waals surface area contributed by atoms with Crippen LogP contribution in [0.2, 0.25) is 0 Å². The van der Waals surface area contributed by atoms with Crippen LogP contribution in [0.4, 0.5) is 11.4 Å². The summed E-state index contributed by atoms with van der Waals surface area (Å²) in [5.41, 5.74) is 2.29. The number of hydrogen-bond donors (Lipinski definition) is 1. The summed E-state index contributed by atoms with van der Waals surface area (Å²) < 4.78 is 24.8. The van der Waals surface area contributed by atoms with Crippen LogP contribution in [-0.2, 0) is 21.2 Å². The van der Waals surface area contributed by atoms with Crippen LogP contribution in [0.15, 0.2) is 48.5 Å². The molecular formula is C18H18N2O4S. The zero-order valence-electron chi connectivity index (χ0n) is 13.7. The molecule has 0 aromatic heterocycles. The van der Waals surface area contributed by atoms with Gasteiger partial charge in [0.25, 0.3) is 5.91 Å². The van der Waals surface area contributed by atoms with E-state index in [1.165, 1.54) is 12.1 Å². The third kappa shape index (κ3) is 3.56. The maximum atomic E-state index is 12.4. The number of nitrogens with one attached hydrogen (secondary N) is 1. The maximum Gasteiger partial charge on any atom is 0.255 e. The highest BCUT2D eigenvalue weighted by Gasteiger charge is 2.36. The average Bonchev–Trinajstić information content (AvgIpc) is 2.88. The summed E-state index contributed by atoms with van der Waals surface area (Å²) in [7, 11) is -3.65. The molecule has 0 saturated carbocycles. The minimum absolute atomic E-state index is 0.0392. The fourth-order valence-corrected chi connectivity index (χ4v) is 4.12. The molecule has 6 nitrogen and oxygen atoms in total. The molecular weight excluding hydrogens is 340 g/mol. The van der Waals surface area contributed by atoms with Gasteiger partial charge in [0.15, 0.2) is 0 Å². The van der Waals surface area contributed by atoms with E-state index in [0.29, 0.717) is 5.69 Å². The van der Waals surface area contributed by atoms with Gasteiger partial charge in [-0.25, -0.2) is 12.7 Å². The molecule has 0 aliphatic carbocycles. The van der Waals surface area contributed by atoms with Gasteiger partial charge in [0.1, 0.15) is 0 Å². The Morgan fingerprint density at radius 2 is 1.88 bits per heavy atom. The fourth-order valence-electron chi connectivity index (χ4n) is 2.67.